The van der Waals surface area contributed by atoms with Gasteiger partial charge in [0.05, 0.1) is 20.0 Å². The number of rotatable bonds is 7. The summed E-state index contributed by atoms with van der Waals surface area (Å²) in [6.07, 6.45) is 8.87. The monoisotopic (exact) mass is 212 g/mol. The van der Waals surface area contributed by atoms with Crippen LogP contribution in [-0.2, 0) is 14.3 Å². The zero-order chi connectivity index (χ0) is 11.5. The molecule has 0 unspecified atom stereocenters. The first kappa shape index (κ1) is 13.8. The van der Waals surface area contributed by atoms with Gasteiger partial charge in [-0.25, -0.2) is 4.79 Å². The molecule has 0 aromatic rings. The van der Waals surface area contributed by atoms with Crippen LogP contribution in [-0.4, -0.2) is 19.7 Å². The maximum Gasteiger partial charge on any atom is 0.330 e. The van der Waals surface area contributed by atoms with Crippen LogP contribution in [0.3, 0.4) is 0 Å². The minimum Gasteiger partial charge on any atom is -0.505 e. The molecule has 0 spiro atoms. The Bertz CT molecular complexity index is 219. The molecule has 0 rings (SSSR count). The molecular weight excluding hydrogens is 192 g/mol. The van der Waals surface area contributed by atoms with E-state index in [1.54, 1.807) is 20.3 Å². The van der Waals surface area contributed by atoms with Crippen LogP contribution in [0.2, 0.25) is 0 Å². The molecule has 0 saturated carbocycles. The van der Waals surface area contributed by atoms with Crippen LogP contribution in [0.1, 0.15) is 26.7 Å². The molecule has 0 heterocycles. The number of carbonyl (C=O) groups is 1. The Morgan fingerprint density at radius 1 is 1.47 bits per heavy atom. The Kier molecular flexibility index (Phi) is 8.53. The Morgan fingerprint density at radius 3 is 2.80 bits per heavy atom. The molecule has 0 bridgehead atoms. The van der Waals surface area contributed by atoms with Gasteiger partial charge in [-0.1, -0.05) is 13.0 Å². The van der Waals surface area contributed by atoms with Crippen molar-refractivity contribution >= 4 is 5.97 Å². The van der Waals surface area contributed by atoms with E-state index in [1.165, 1.54) is 6.08 Å². The summed E-state index contributed by atoms with van der Waals surface area (Å²) in [5.41, 5.74) is 0. The van der Waals surface area contributed by atoms with Crippen molar-refractivity contribution in [1.82, 2.24) is 0 Å². The maximum atomic E-state index is 10.9. The predicted molar refractivity (Wildman–Crippen MR) is 60.3 cm³/mol. The van der Waals surface area contributed by atoms with Gasteiger partial charge in [0.2, 0.25) is 0 Å². The van der Waals surface area contributed by atoms with Crippen LogP contribution in [0.4, 0.5) is 0 Å². The second kappa shape index (κ2) is 9.31. The summed E-state index contributed by atoms with van der Waals surface area (Å²) in [5, 5.41) is 0. The molecule has 3 heteroatoms. The third-order valence-electron chi connectivity index (χ3n) is 1.87. The summed E-state index contributed by atoms with van der Waals surface area (Å²) in [7, 11) is 1.63. The van der Waals surface area contributed by atoms with Crippen molar-refractivity contribution in [2.75, 3.05) is 13.7 Å². The molecule has 0 aromatic carbocycles. The van der Waals surface area contributed by atoms with Crippen LogP contribution in [0.25, 0.3) is 0 Å². The molecule has 3 nitrogen and oxygen atoms in total. The van der Waals surface area contributed by atoms with E-state index in [2.05, 4.69) is 6.92 Å². The fourth-order valence-corrected chi connectivity index (χ4v) is 1.04. The topological polar surface area (TPSA) is 35.5 Å². The Balaban J connectivity index is 3.60. The van der Waals surface area contributed by atoms with E-state index in [9.17, 15) is 4.79 Å². The third-order valence-corrected chi connectivity index (χ3v) is 1.87. The lowest BCUT2D eigenvalue weighted by Crippen LogP contribution is -1.98. The molecule has 0 amide bonds. The summed E-state index contributed by atoms with van der Waals surface area (Å²) in [4.78, 5) is 10.9. The summed E-state index contributed by atoms with van der Waals surface area (Å²) in [6, 6.07) is 0. The van der Waals surface area contributed by atoms with E-state index in [1.807, 2.05) is 12.2 Å². The van der Waals surface area contributed by atoms with Crippen molar-refractivity contribution in [1.29, 1.82) is 0 Å². The highest BCUT2D eigenvalue weighted by molar-refractivity contribution is 5.81. The fraction of sp³-hybridized carbons (Fsp3) is 0.583. The number of carbonyl (C=O) groups excluding carboxylic acids is 1. The van der Waals surface area contributed by atoms with Gasteiger partial charge >= 0.3 is 5.97 Å². The van der Waals surface area contributed by atoms with Gasteiger partial charge in [-0.15, -0.1) is 0 Å². The molecule has 0 aromatic heterocycles. The van der Waals surface area contributed by atoms with Crippen molar-refractivity contribution < 1.29 is 14.3 Å². The molecule has 0 aliphatic carbocycles. The lowest BCUT2D eigenvalue weighted by Gasteiger charge is -2.02. The molecule has 0 aliphatic rings. The van der Waals surface area contributed by atoms with Gasteiger partial charge in [-0.05, 0) is 31.8 Å². The number of methoxy groups -OCH3 is 1. The zero-order valence-corrected chi connectivity index (χ0v) is 9.73. The quantitative estimate of drug-likeness (QED) is 0.370. The first-order valence-electron chi connectivity index (χ1n) is 5.23. The number of hydrogen-bond acceptors (Lipinski definition) is 3. The van der Waals surface area contributed by atoms with Crippen molar-refractivity contribution in [2.24, 2.45) is 5.92 Å². The minimum absolute atomic E-state index is 0.266. The average molecular weight is 212 g/mol. The molecular formula is C12H20O3. The van der Waals surface area contributed by atoms with E-state index in [0.717, 1.165) is 12.8 Å². The number of hydrogen-bond donors (Lipinski definition) is 0. The van der Waals surface area contributed by atoms with Gasteiger partial charge in [0, 0.05) is 6.08 Å². The predicted octanol–water partition coefficient (Wildman–Crippen LogP) is 2.68. The molecule has 86 valence electrons. The third kappa shape index (κ3) is 9.06. The minimum atomic E-state index is -0.266. The smallest absolute Gasteiger partial charge is 0.330 e. The van der Waals surface area contributed by atoms with Crippen molar-refractivity contribution in [3.8, 4) is 0 Å². The Morgan fingerprint density at radius 2 is 2.20 bits per heavy atom. The van der Waals surface area contributed by atoms with Crippen LogP contribution in [0.5, 0.6) is 0 Å². The lowest BCUT2D eigenvalue weighted by molar-refractivity contribution is -0.137. The first-order valence-corrected chi connectivity index (χ1v) is 5.23. The second-order valence-electron chi connectivity index (χ2n) is 3.27. The van der Waals surface area contributed by atoms with Crippen molar-refractivity contribution in [3.05, 3.63) is 24.5 Å². The maximum absolute atomic E-state index is 10.9. The number of allylic oxidation sites excluding steroid dienone is 2. The number of ether oxygens (including phenoxy) is 2. The lowest BCUT2D eigenvalue weighted by atomic mass is 10.1. The van der Waals surface area contributed by atoms with E-state index < -0.39 is 0 Å². The van der Waals surface area contributed by atoms with Gasteiger partial charge < -0.3 is 9.47 Å². The fourth-order valence-electron chi connectivity index (χ4n) is 1.04. The average Bonchev–Trinajstić information content (AvgIpc) is 2.22. The Labute approximate surface area is 91.8 Å². The summed E-state index contributed by atoms with van der Waals surface area (Å²) < 4.78 is 9.57. The molecule has 0 N–H and O–H groups in total. The highest BCUT2D eigenvalue weighted by Crippen LogP contribution is 2.07. The standard InChI is InChI=1S/C12H20O3/c1-4-15-12(13)8-6-5-7-11(2)9-10-14-3/h6,8-11H,4-5,7H2,1-3H3/b8-6+,10-9+/t11-/m0/s1. The highest BCUT2D eigenvalue weighted by Gasteiger charge is 1.96. The molecule has 0 aliphatic heterocycles. The van der Waals surface area contributed by atoms with Gasteiger partial charge in [0.1, 0.15) is 0 Å². The molecule has 15 heavy (non-hydrogen) atoms. The van der Waals surface area contributed by atoms with Crippen LogP contribution in [0.15, 0.2) is 24.5 Å². The van der Waals surface area contributed by atoms with Gasteiger partial charge in [-0.2, -0.15) is 0 Å². The van der Waals surface area contributed by atoms with Crippen molar-refractivity contribution in [2.45, 2.75) is 26.7 Å². The van der Waals surface area contributed by atoms with Crippen molar-refractivity contribution in [3.63, 3.8) is 0 Å². The highest BCUT2D eigenvalue weighted by atomic mass is 16.5. The normalized spacial score (nSPS) is 13.3. The Hall–Kier alpha value is -1.25. The van der Waals surface area contributed by atoms with E-state index in [4.69, 9.17) is 9.47 Å². The molecule has 1 atom stereocenters. The van der Waals surface area contributed by atoms with E-state index in [0.29, 0.717) is 12.5 Å². The zero-order valence-electron chi connectivity index (χ0n) is 9.73. The molecule has 0 radical (unpaired) electrons. The van der Waals surface area contributed by atoms with Gasteiger partial charge in [0.15, 0.2) is 0 Å². The van der Waals surface area contributed by atoms with Crippen LogP contribution >= 0.6 is 0 Å². The summed E-state index contributed by atoms with van der Waals surface area (Å²) in [6.45, 7) is 4.33. The van der Waals surface area contributed by atoms with E-state index >= 15 is 0 Å². The van der Waals surface area contributed by atoms with Gasteiger partial charge in [-0.3, -0.25) is 0 Å². The second-order valence-corrected chi connectivity index (χ2v) is 3.27. The number of esters is 1. The first-order chi connectivity index (χ1) is 7.20. The largest absolute Gasteiger partial charge is 0.505 e. The van der Waals surface area contributed by atoms with Crippen LogP contribution in [0, 0.1) is 5.92 Å². The summed E-state index contributed by atoms with van der Waals surface area (Å²) in [5.74, 6) is 0.189. The SMILES string of the molecule is CCOC(=O)/C=C/CC[C@H](C)/C=C/OC. The van der Waals surface area contributed by atoms with Gasteiger partial charge in [0.25, 0.3) is 0 Å². The van der Waals surface area contributed by atoms with E-state index in [-0.39, 0.29) is 5.97 Å². The van der Waals surface area contributed by atoms with Crippen LogP contribution < -0.4 is 0 Å². The summed E-state index contributed by atoms with van der Waals surface area (Å²) >= 11 is 0. The molecule has 0 saturated heterocycles. The molecule has 0 fully saturated rings.